The molecule has 0 saturated carbocycles. The number of nitrogen functional groups attached to an aromatic ring is 1. The van der Waals surface area contributed by atoms with Gasteiger partial charge in [-0.1, -0.05) is 11.6 Å². The van der Waals surface area contributed by atoms with Crippen LogP contribution in [0.1, 0.15) is 18.4 Å². The number of hydrogen-bond donors (Lipinski definition) is 4. The van der Waals surface area contributed by atoms with Crippen LogP contribution in [0.2, 0.25) is 5.02 Å². The largest absolute Gasteiger partial charge is 0.398 e. The molecule has 116 valence electrons. The van der Waals surface area contributed by atoms with E-state index in [-0.39, 0.29) is 5.91 Å². The van der Waals surface area contributed by atoms with Gasteiger partial charge in [0.15, 0.2) is 0 Å². The first-order valence-electron chi connectivity index (χ1n) is 6.93. The Morgan fingerprint density at radius 1 is 1.32 bits per heavy atom. The molecular formula is C14H16ClN5O2. The average molecular weight is 322 g/mol. The van der Waals surface area contributed by atoms with Gasteiger partial charge in [0.2, 0.25) is 0 Å². The van der Waals surface area contributed by atoms with Crippen molar-refractivity contribution in [1.29, 1.82) is 5.41 Å². The number of nitrogens with two attached hydrogens (primary N) is 1. The van der Waals surface area contributed by atoms with Crippen LogP contribution in [0.4, 0.5) is 16.2 Å². The number of carbonyl (C=O) groups excluding carboxylic acids is 2. The number of anilines is 2. The molecular weight excluding hydrogens is 306 g/mol. The molecule has 7 nitrogen and oxygen atoms in total. The van der Waals surface area contributed by atoms with Gasteiger partial charge in [-0.2, -0.15) is 0 Å². The third-order valence-corrected chi connectivity index (χ3v) is 4.49. The highest BCUT2D eigenvalue weighted by atomic mass is 35.5. The number of benzene rings is 1. The average Bonchev–Trinajstić information content (AvgIpc) is 2.73. The summed E-state index contributed by atoms with van der Waals surface area (Å²) in [5, 5.41) is 13.1. The SMILES string of the molecule is N=Cc1c(N)cc(Cl)cc1N1CCC2(CC1)NC(=O)NC2=O. The lowest BCUT2D eigenvalue weighted by Gasteiger charge is -2.38. The van der Waals surface area contributed by atoms with E-state index in [9.17, 15) is 9.59 Å². The first-order chi connectivity index (χ1) is 10.4. The quantitative estimate of drug-likeness (QED) is 0.371. The van der Waals surface area contributed by atoms with Crippen LogP contribution in [0.5, 0.6) is 0 Å². The van der Waals surface area contributed by atoms with E-state index in [1.54, 1.807) is 12.1 Å². The minimum absolute atomic E-state index is 0.268. The molecule has 1 spiro atoms. The third-order valence-electron chi connectivity index (χ3n) is 4.27. The van der Waals surface area contributed by atoms with Gasteiger partial charge in [0.25, 0.3) is 5.91 Å². The van der Waals surface area contributed by atoms with E-state index in [1.165, 1.54) is 6.21 Å². The second kappa shape index (κ2) is 5.17. The van der Waals surface area contributed by atoms with Crippen molar-refractivity contribution in [2.24, 2.45) is 0 Å². The number of amides is 3. The van der Waals surface area contributed by atoms with Gasteiger partial charge in [0, 0.05) is 41.3 Å². The molecule has 3 amide bonds. The van der Waals surface area contributed by atoms with Crippen LogP contribution in [-0.2, 0) is 4.79 Å². The number of urea groups is 1. The fraction of sp³-hybridized carbons (Fsp3) is 0.357. The van der Waals surface area contributed by atoms with Crippen molar-refractivity contribution in [2.75, 3.05) is 23.7 Å². The van der Waals surface area contributed by atoms with Crippen molar-refractivity contribution in [3.05, 3.63) is 22.7 Å². The molecule has 8 heteroatoms. The Bertz CT molecular complexity index is 667. The van der Waals surface area contributed by atoms with Crippen molar-refractivity contribution >= 4 is 41.1 Å². The second-order valence-corrected chi connectivity index (χ2v) is 5.99. The maximum absolute atomic E-state index is 11.9. The van der Waals surface area contributed by atoms with Gasteiger partial charge in [0.05, 0.1) is 0 Å². The van der Waals surface area contributed by atoms with Gasteiger partial charge in [-0.3, -0.25) is 10.1 Å². The summed E-state index contributed by atoms with van der Waals surface area (Å²) in [5.74, 6) is -0.268. The molecule has 3 rings (SSSR count). The summed E-state index contributed by atoms with van der Waals surface area (Å²) in [4.78, 5) is 25.3. The molecule has 2 fully saturated rings. The maximum atomic E-state index is 11.9. The molecule has 2 aliphatic rings. The molecule has 0 aliphatic carbocycles. The number of rotatable bonds is 2. The molecule has 1 aromatic carbocycles. The maximum Gasteiger partial charge on any atom is 0.322 e. The lowest BCUT2D eigenvalue weighted by atomic mass is 9.87. The molecule has 22 heavy (non-hydrogen) atoms. The fourth-order valence-corrected chi connectivity index (χ4v) is 3.27. The van der Waals surface area contributed by atoms with E-state index < -0.39 is 11.6 Å². The van der Waals surface area contributed by atoms with E-state index >= 15 is 0 Å². The standard InChI is InChI=1S/C14H16ClN5O2/c15-8-5-10(17)9(7-16)11(6-8)20-3-1-14(2-4-20)12(21)18-13(22)19-14/h5-7,16H,1-4,17H2,(H2,18,19,21,22). The van der Waals surface area contributed by atoms with Gasteiger partial charge in [0.1, 0.15) is 5.54 Å². The highest BCUT2D eigenvalue weighted by molar-refractivity contribution is 6.31. The van der Waals surface area contributed by atoms with Crippen LogP contribution in [-0.4, -0.2) is 36.8 Å². The van der Waals surface area contributed by atoms with Crippen LogP contribution in [0.3, 0.4) is 0 Å². The second-order valence-electron chi connectivity index (χ2n) is 5.55. The highest BCUT2D eigenvalue weighted by Crippen LogP contribution is 2.33. The van der Waals surface area contributed by atoms with Crippen molar-refractivity contribution in [2.45, 2.75) is 18.4 Å². The summed E-state index contributed by atoms with van der Waals surface area (Å²) in [6.45, 7) is 1.13. The van der Waals surface area contributed by atoms with Gasteiger partial charge >= 0.3 is 6.03 Å². The van der Waals surface area contributed by atoms with E-state index in [0.29, 0.717) is 42.2 Å². The van der Waals surface area contributed by atoms with Gasteiger partial charge in [-0.25, -0.2) is 4.79 Å². The lowest BCUT2D eigenvalue weighted by Crippen LogP contribution is -2.55. The number of halogens is 1. The molecule has 1 aromatic rings. The zero-order valence-corrected chi connectivity index (χ0v) is 12.5. The Morgan fingerprint density at radius 2 is 2.00 bits per heavy atom. The van der Waals surface area contributed by atoms with Crippen LogP contribution in [0, 0.1) is 5.41 Å². The Morgan fingerprint density at radius 3 is 2.55 bits per heavy atom. The highest BCUT2D eigenvalue weighted by Gasteiger charge is 2.48. The number of nitrogens with one attached hydrogen (secondary N) is 3. The smallest absolute Gasteiger partial charge is 0.322 e. The molecule has 2 heterocycles. The van der Waals surface area contributed by atoms with Crippen molar-refractivity contribution < 1.29 is 9.59 Å². The van der Waals surface area contributed by atoms with E-state index in [0.717, 1.165) is 5.69 Å². The molecule has 0 radical (unpaired) electrons. The number of piperidine rings is 1. The Labute approximate surface area is 132 Å². The van der Waals surface area contributed by atoms with Crippen molar-refractivity contribution in [3.8, 4) is 0 Å². The summed E-state index contributed by atoms with van der Waals surface area (Å²) >= 11 is 6.06. The minimum Gasteiger partial charge on any atom is -0.398 e. The molecule has 0 aromatic heterocycles. The van der Waals surface area contributed by atoms with E-state index in [2.05, 4.69) is 10.6 Å². The zero-order chi connectivity index (χ0) is 15.9. The fourth-order valence-electron chi connectivity index (χ4n) is 3.05. The first kappa shape index (κ1) is 14.6. The molecule has 2 saturated heterocycles. The van der Waals surface area contributed by atoms with Crippen LogP contribution < -0.4 is 21.3 Å². The van der Waals surface area contributed by atoms with Crippen LogP contribution in [0.15, 0.2) is 12.1 Å². The minimum atomic E-state index is -0.817. The molecule has 0 bridgehead atoms. The predicted molar refractivity (Wildman–Crippen MR) is 84.6 cm³/mol. The van der Waals surface area contributed by atoms with Gasteiger partial charge in [-0.05, 0) is 25.0 Å². The predicted octanol–water partition coefficient (Wildman–Crippen LogP) is 1.10. The number of carbonyl (C=O) groups is 2. The molecule has 0 atom stereocenters. The topological polar surface area (TPSA) is 111 Å². The van der Waals surface area contributed by atoms with Crippen molar-refractivity contribution in [3.63, 3.8) is 0 Å². The first-order valence-corrected chi connectivity index (χ1v) is 7.31. The normalized spacial score (nSPS) is 20.0. The summed E-state index contributed by atoms with van der Waals surface area (Å²) in [6.07, 6.45) is 2.19. The number of nitrogens with zero attached hydrogens (tertiary/aromatic N) is 1. The summed E-state index contributed by atoms with van der Waals surface area (Å²) in [7, 11) is 0. The monoisotopic (exact) mass is 321 g/mol. The molecule has 0 unspecified atom stereocenters. The Hall–Kier alpha value is -2.28. The van der Waals surface area contributed by atoms with Gasteiger partial charge in [-0.15, -0.1) is 0 Å². The van der Waals surface area contributed by atoms with Gasteiger partial charge < -0.3 is 21.4 Å². The lowest BCUT2D eigenvalue weighted by molar-refractivity contribution is -0.124. The number of hydrogen-bond acceptors (Lipinski definition) is 5. The van der Waals surface area contributed by atoms with E-state index in [1.807, 2.05) is 4.90 Å². The Kier molecular flexibility index (Phi) is 3.44. The summed E-state index contributed by atoms with van der Waals surface area (Å²) < 4.78 is 0. The summed E-state index contributed by atoms with van der Waals surface area (Å²) in [6, 6.07) is 2.94. The Balaban J connectivity index is 1.84. The van der Waals surface area contributed by atoms with Crippen LogP contribution in [0.25, 0.3) is 0 Å². The number of imide groups is 1. The van der Waals surface area contributed by atoms with Crippen molar-refractivity contribution in [1.82, 2.24) is 10.6 Å². The molecule has 5 N–H and O–H groups in total. The summed E-state index contributed by atoms with van der Waals surface area (Å²) in [5.41, 5.74) is 6.93. The van der Waals surface area contributed by atoms with Crippen LogP contribution >= 0.6 is 11.6 Å². The van der Waals surface area contributed by atoms with E-state index in [4.69, 9.17) is 22.7 Å². The molecule has 2 aliphatic heterocycles. The zero-order valence-electron chi connectivity index (χ0n) is 11.8. The third kappa shape index (κ3) is 2.27.